The molecule has 156 valence electrons. The van der Waals surface area contributed by atoms with E-state index >= 15 is 0 Å². The van der Waals surface area contributed by atoms with E-state index in [0.29, 0.717) is 23.8 Å². The van der Waals surface area contributed by atoms with Crippen LogP contribution in [0.3, 0.4) is 0 Å². The average molecular weight is 416 g/mol. The van der Waals surface area contributed by atoms with E-state index < -0.39 is 6.10 Å². The van der Waals surface area contributed by atoms with Crippen molar-refractivity contribution in [3.05, 3.63) is 72.4 Å². The highest BCUT2D eigenvalue weighted by Crippen LogP contribution is 2.31. The topological polar surface area (TPSA) is 87.0 Å². The van der Waals surface area contributed by atoms with Crippen LogP contribution in [-0.4, -0.2) is 40.3 Å². The minimum atomic E-state index is -0.780. The van der Waals surface area contributed by atoms with Crippen molar-refractivity contribution in [2.24, 2.45) is 0 Å². The van der Waals surface area contributed by atoms with Crippen LogP contribution in [0.15, 0.2) is 66.9 Å². The van der Waals surface area contributed by atoms with Gasteiger partial charge in [-0.1, -0.05) is 36.4 Å². The van der Waals surface area contributed by atoms with Gasteiger partial charge in [-0.15, -0.1) is 5.10 Å². The summed E-state index contributed by atoms with van der Waals surface area (Å²) in [5.74, 6) is 1.00. The quantitative estimate of drug-likeness (QED) is 0.537. The molecule has 8 nitrogen and oxygen atoms in total. The van der Waals surface area contributed by atoms with Crippen LogP contribution in [0.5, 0.6) is 11.5 Å². The number of nitrogens with one attached hydrogen (secondary N) is 1. The Labute approximate surface area is 178 Å². The van der Waals surface area contributed by atoms with Crippen molar-refractivity contribution in [3.8, 4) is 22.6 Å². The summed E-state index contributed by atoms with van der Waals surface area (Å²) in [7, 11) is 1.67. The van der Waals surface area contributed by atoms with Crippen LogP contribution in [0.1, 0.15) is 5.56 Å². The number of carbonyl (C=O) groups is 1. The molecule has 31 heavy (non-hydrogen) atoms. The van der Waals surface area contributed by atoms with E-state index in [4.69, 9.17) is 14.2 Å². The summed E-state index contributed by atoms with van der Waals surface area (Å²) in [6.07, 6.45) is 1.10. The zero-order chi connectivity index (χ0) is 21.2. The Morgan fingerprint density at radius 3 is 2.81 bits per heavy atom. The lowest BCUT2D eigenvalue weighted by Gasteiger charge is -2.25. The number of aromatic nitrogens is 3. The summed E-state index contributed by atoms with van der Waals surface area (Å²) >= 11 is 0. The van der Waals surface area contributed by atoms with Gasteiger partial charge in [-0.25, -0.2) is 4.52 Å². The molecule has 0 fully saturated rings. The lowest BCUT2D eigenvalue weighted by molar-refractivity contribution is -0.125. The van der Waals surface area contributed by atoms with Crippen LogP contribution in [0.2, 0.25) is 0 Å². The molecule has 3 heterocycles. The van der Waals surface area contributed by atoms with Crippen LogP contribution < -0.4 is 14.8 Å². The molecule has 0 aliphatic carbocycles. The van der Waals surface area contributed by atoms with Crippen molar-refractivity contribution >= 4 is 17.5 Å². The minimum absolute atomic E-state index is 0.122. The Bertz CT molecular complexity index is 1250. The summed E-state index contributed by atoms with van der Waals surface area (Å²) < 4.78 is 18.3. The van der Waals surface area contributed by atoms with Gasteiger partial charge < -0.3 is 14.2 Å². The number of anilines is 1. The predicted molar refractivity (Wildman–Crippen MR) is 114 cm³/mol. The third kappa shape index (κ3) is 3.80. The lowest BCUT2D eigenvalue weighted by atomic mass is 10.0. The molecule has 1 atom stereocenters. The number of nitrogens with zero attached hydrogens (tertiary/aromatic N) is 3. The molecule has 1 aliphatic heterocycles. The number of carbonyl (C=O) groups excluding carboxylic acids is 1. The normalized spacial score (nSPS) is 15.1. The molecule has 0 saturated carbocycles. The van der Waals surface area contributed by atoms with Gasteiger partial charge in [0.25, 0.3) is 5.91 Å². The molecule has 0 unspecified atom stereocenters. The molecule has 4 aromatic rings. The SMILES string of the molecule is COCc1ccccc1-c1ccc2nc(NC(=O)[C@H]3COc4ccccc4O3)nn2c1. The smallest absolute Gasteiger partial charge is 0.271 e. The van der Waals surface area contributed by atoms with E-state index in [9.17, 15) is 4.79 Å². The fraction of sp³-hybridized carbons (Fsp3) is 0.174. The first-order valence-corrected chi connectivity index (χ1v) is 9.84. The van der Waals surface area contributed by atoms with Gasteiger partial charge in [0, 0.05) is 18.9 Å². The van der Waals surface area contributed by atoms with Crippen LogP contribution >= 0.6 is 0 Å². The van der Waals surface area contributed by atoms with Gasteiger partial charge in [0.05, 0.1) is 6.61 Å². The number of hydrogen-bond acceptors (Lipinski definition) is 6. The fourth-order valence-corrected chi connectivity index (χ4v) is 3.52. The number of fused-ring (bicyclic) bond motifs is 2. The van der Waals surface area contributed by atoms with Gasteiger partial charge in [-0.2, -0.15) is 4.98 Å². The van der Waals surface area contributed by atoms with E-state index in [2.05, 4.69) is 15.4 Å². The maximum atomic E-state index is 12.6. The molecule has 8 heteroatoms. The highest BCUT2D eigenvalue weighted by molar-refractivity contribution is 5.93. The van der Waals surface area contributed by atoms with E-state index in [0.717, 1.165) is 16.7 Å². The zero-order valence-corrected chi connectivity index (χ0v) is 16.8. The number of pyridine rings is 1. The predicted octanol–water partition coefficient (Wildman–Crippen LogP) is 3.32. The molecule has 0 bridgehead atoms. The molecule has 1 N–H and O–H groups in total. The van der Waals surface area contributed by atoms with Crippen LogP contribution in [0, 0.1) is 0 Å². The first-order valence-electron chi connectivity index (χ1n) is 9.84. The second-order valence-electron chi connectivity index (χ2n) is 7.10. The lowest BCUT2D eigenvalue weighted by Crippen LogP contribution is -2.40. The molecular formula is C23H20N4O4. The number of ether oxygens (including phenoxy) is 3. The Balaban J connectivity index is 1.36. The number of benzene rings is 2. The largest absolute Gasteiger partial charge is 0.485 e. The van der Waals surface area contributed by atoms with Crippen molar-refractivity contribution in [3.63, 3.8) is 0 Å². The van der Waals surface area contributed by atoms with Crippen LogP contribution in [-0.2, 0) is 16.1 Å². The maximum Gasteiger partial charge on any atom is 0.271 e. The summed E-state index contributed by atoms with van der Waals surface area (Å²) in [6.45, 7) is 0.635. The third-order valence-electron chi connectivity index (χ3n) is 5.00. The molecule has 2 aromatic heterocycles. The van der Waals surface area contributed by atoms with Gasteiger partial charge in [0.1, 0.15) is 6.61 Å². The Hall–Kier alpha value is -3.91. The molecule has 0 spiro atoms. The highest BCUT2D eigenvalue weighted by Gasteiger charge is 2.28. The van der Waals surface area contributed by atoms with Crippen LogP contribution in [0.25, 0.3) is 16.8 Å². The first kappa shape index (κ1) is 19.1. The average Bonchev–Trinajstić information content (AvgIpc) is 3.20. The number of rotatable bonds is 5. The maximum absolute atomic E-state index is 12.6. The number of hydrogen-bond donors (Lipinski definition) is 1. The summed E-state index contributed by atoms with van der Waals surface area (Å²) in [6, 6.07) is 19.1. The first-order chi connectivity index (χ1) is 15.2. The number of methoxy groups -OCH3 is 1. The van der Waals surface area contributed by atoms with Gasteiger partial charge in [-0.05, 0) is 35.4 Å². The molecule has 1 amide bonds. The summed E-state index contributed by atoms with van der Waals surface area (Å²) in [5, 5.41) is 7.12. The van der Waals surface area contributed by atoms with E-state index in [1.54, 1.807) is 23.8 Å². The Morgan fingerprint density at radius 1 is 1.13 bits per heavy atom. The number of para-hydroxylation sites is 2. The van der Waals surface area contributed by atoms with Gasteiger partial charge in [0.15, 0.2) is 17.1 Å². The molecule has 1 aliphatic rings. The minimum Gasteiger partial charge on any atom is -0.485 e. The van der Waals surface area contributed by atoms with Crippen molar-refractivity contribution in [2.75, 3.05) is 19.0 Å². The summed E-state index contributed by atoms with van der Waals surface area (Å²) in [5.41, 5.74) is 3.73. The second-order valence-corrected chi connectivity index (χ2v) is 7.10. The van der Waals surface area contributed by atoms with E-state index in [1.807, 2.05) is 54.7 Å². The van der Waals surface area contributed by atoms with Crippen LogP contribution in [0.4, 0.5) is 5.95 Å². The van der Waals surface area contributed by atoms with Crippen molar-refractivity contribution in [1.82, 2.24) is 14.6 Å². The molecule has 0 saturated heterocycles. The Kier molecular flexibility index (Phi) is 4.97. The van der Waals surface area contributed by atoms with Gasteiger partial charge >= 0.3 is 0 Å². The zero-order valence-electron chi connectivity index (χ0n) is 16.8. The molecule has 5 rings (SSSR count). The highest BCUT2D eigenvalue weighted by atomic mass is 16.6. The van der Waals surface area contributed by atoms with Gasteiger partial charge in [-0.3, -0.25) is 10.1 Å². The third-order valence-corrected chi connectivity index (χ3v) is 5.00. The number of amides is 1. The second kappa shape index (κ2) is 8.08. The van der Waals surface area contributed by atoms with Crippen molar-refractivity contribution < 1.29 is 19.0 Å². The van der Waals surface area contributed by atoms with E-state index in [1.165, 1.54) is 0 Å². The van der Waals surface area contributed by atoms with Crippen molar-refractivity contribution in [2.45, 2.75) is 12.7 Å². The molecule has 2 aromatic carbocycles. The van der Waals surface area contributed by atoms with Crippen molar-refractivity contribution in [1.29, 1.82) is 0 Å². The standard InChI is InChI=1S/C23H20N4O4/c1-29-13-16-6-2-3-7-17(16)15-10-11-21-24-23(26-27(21)12-15)25-22(28)20-14-30-18-8-4-5-9-19(18)31-20/h2-12,20H,13-14H2,1H3,(H,25,26,28)/t20-/m1/s1. The fourth-order valence-electron chi connectivity index (χ4n) is 3.52. The van der Waals surface area contributed by atoms with E-state index in [-0.39, 0.29) is 18.5 Å². The Morgan fingerprint density at radius 2 is 1.94 bits per heavy atom. The molecular weight excluding hydrogens is 396 g/mol. The monoisotopic (exact) mass is 416 g/mol. The van der Waals surface area contributed by atoms with Gasteiger partial charge in [0.2, 0.25) is 12.1 Å². The molecule has 0 radical (unpaired) electrons. The summed E-state index contributed by atoms with van der Waals surface area (Å²) in [4.78, 5) is 17.0.